The van der Waals surface area contributed by atoms with Crippen molar-refractivity contribution in [1.82, 2.24) is 15.0 Å². The molecule has 0 saturated carbocycles. The first-order valence-corrected chi connectivity index (χ1v) is 10.4. The smallest absolute Gasteiger partial charge is 0.252 e. The molecule has 1 amide bonds. The normalized spacial score (nSPS) is 12.4. The van der Waals surface area contributed by atoms with Crippen molar-refractivity contribution < 1.29 is 22.0 Å². The molecule has 0 radical (unpaired) electrons. The SMILES string of the molecule is CNS(=O)(=O)c1ccc(C(=O)N[C@@H](c2ccc(CF)cc2)c2ncccc2F)cc1. The molecule has 1 aromatic heterocycles. The van der Waals surface area contributed by atoms with E-state index in [0.29, 0.717) is 11.1 Å². The lowest BCUT2D eigenvalue weighted by molar-refractivity contribution is 0.0941. The molecule has 1 atom stereocenters. The van der Waals surface area contributed by atoms with Crippen LogP contribution in [0.25, 0.3) is 0 Å². The van der Waals surface area contributed by atoms with Crippen molar-refractivity contribution in [3.8, 4) is 0 Å². The fourth-order valence-electron chi connectivity index (χ4n) is 2.84. The number of hydrogen-bond donors (Lipinski definition) is 2. The maximum atomic E-state index is 14.4. The van der Waals surface area contributed by atoms with Gasteiger partial charge in [0, 0.05) is 11.8 Å². The van der Waals surface area contributed by atoms with Gasteiger partial charge in [-0.15, -0.1) is 0 Å². The van der Waals surface area contributed by atoms with E-state index in [1.165, 1.54) is 49.6 Å². The second-order valence-electron chi connectivity index (χ2n) is 6.38. The molecule has 0 unspecified atom stereocenters. The Bertz CT molecular complexity index is 1130. The number of carbonyl (C=O) groups is 1. The van der Waals surface area contributed by atoms with Gasteiger partial charge in [-0.2, -0.15) is 0 Å². The minimum atomic E-state index is -3.63. The van der Waals surface area contributed by atoms with E-state index in [4.69, 9.17) is 0 Å². The first-order valence-electron chi connectivity index (χ1n) is 8.95. The average molecular weight is 431 g/mol. The van der Waals surface area contributed by atoms with Crippen LogP contribution in [-0.2, 0) is 16.7 Å². The number of alkyl halides is 1. The predicted molar refractivity (Wildman–Crippen MR) is 107 cm³/mol. The van der Waals surface area contributed by atoms with E-state index in [0.717, 1.165) is 0 Å². The van der Waals surface area contributed by atoms with E-state index in [2.05, 4.69) is 15.0 Å². The summed E-state index contributed by atoms with van der Waals surface area (Å²) in [4.78, 5) is 16.8. The summed E-state index contributed by atoms with van der Waals surface area (Å²) in [7, 11) is -2.35. The number of aromatic nitrogens is 1. The molecule has 0 aliphatic heterocycles. The van der Waals surface area contributed by atoms with Crippen LogP contribution in [0.15, 0.2) is 71.8 Å². The van der Waals surface area contributed by atoms with Crippen molar-refractivity contribution in [3.63, 3.8) is 0 Å². The highest BCUT2D eigenvalue weighted by Crippen LogP contribution is 2.24. The van der Waals surface area contributed by atoms with E-state index >= 15 is 0 Å². The molecule has 1 heterocycles. The van der Waals surface area contributed by atoms with Crippen LogP contribution in [0.1, 0.15) is 33.2 Å². The number of benzene rings is 2. The Morgan fingerprint density at radius 2 is 1.73 bits per heavy atom. The topological polar surface area (TPSA) is 88.2 Å². The van der Waals surface area contributed by atoms with Gasteiger partial charge in [-0.3, -0.25) is 9.78 Å². The highest BCUT2D eigenvalue weighted by molar-refractivity contribution is 7.89. The van der Waals surface area contributed by atoms with Gasteiger partial charge in [-0.25, -0.2) is 21.9 Å². The fraction of sp³-hybridized carbons (Fsp3) is 0.143. The van der Waals surface area contributed by atoms with Gasteiger partial charge in [0.2, 0.25) is 10.0 Å². The molecule has 0 spiro atoms. The molecule has 6 nitrogen and oxygen atoms in total. The van der Waals surface area contributed by atoms with Gasteiger partial charge in [0.05, 0.1) is 10.9 Å². The quantitative estimate of drug-likeness (QED) is 0.602. The molecular formula is C21H19F2N3O3S. The van der Waals surface area contributed by atoms with Crippen molar-refractivity contribution in [3.05, 3.63) is 95.1 Å². The Labute approximate surface area is 173 Å². The Kier molecular flexibility index (Phi) is 6.53. The summed E-state index contributed by atoms with van der Waals surface area (Å²) in [5, 5.41) is 2.72. The minimum absolute atomic E-state index is 0.00762. The third-order valence-electron chi connectivity index (χ3n) is 4.50. The maximum absolute atomic E-state index is 14.4. The number of pyridine rings is 1. The number of halogens is 2. The molecule has 156 valence electrons. The first-order chi connectivity index (χ1) is 14.4. The van der Waals surface area contributed by atoms with Gasteiger partial charge in [0.1, 0.15) is 18.2 Å². The van der Waals surface area contributed by atoms with Gasteiger partial charge in [0.15, 0.2) is 0 Å². The predicted octanol–water partition coefficient (Wildman–Crippen LogP) is 3.12. The van der Waals surface area contributed by atoms with Crippen LogP contribution < -0.4 is 10.0 Å². The van der Waals surface area contributed by atoms with Crippen molar-refractivity contribution in [2.45, 2.75) is 17.6 Å². The number of nitrogens with one attached hydrogen (secondary N) is 2. The van der Waals surface area contributed by atoms with Crippen molar-refractivity contribution in [2.75, 3.05) is 7.05 Å². The average Bonchev–Trinajstić information content (AvgIpc) is 2.78. The molecule has 0 fully saturated rings. The summed E-state index contributed by atoms with van der Waals surface area (Å²) < 4.78 is 53.1. The fourth-order valence-corrected chi connectivity index (χ4v) is 3.57. The minimum Gasteiger partial charge on any atom is -0.339 e. The van der Waals surface area contributed by atoms with E-state index in [1.54, 1.807) is 24.3 Å². The van der Waals surface area contributed by atoms with Gasteiger partial charge < -0.3 is 5.32 Å². The summed E-state index contributed by atoms with van der Waals surface area (Å²) in [6, 6.07) is 13.3. The Hall–Kier alpha value is -3.17. The van der Waals surface area contributed by atoms with Crippen LogP contribution >= 0.6 is 0 Å². The second-order valence-corrected chi connectivity index (χ2v) is 8.27. The van der Waals surface area contributed by atoms with Gasteiger partial charge in [-0.1, -0.05) is 24.3 Å². The molecule has 2 N–H and O–H groups in total. The van der Waals surface area contributed by atoms with Crippen LogP contribution in [0, 0.1) is 5.82 Å². The van der Waals surface area contributed by atoms with Gasteiger partial charge >= 0.3 is 0 Å². The van der Waals surface area contributed by atoms with Crippen molar-refractivity contribution >= 4 is 15.9 Å². The molecule has 3 rings (SSSR count). The Balaban J connectivity index is 1.93. The van der Waals surface area contributed by atoms with Gasteiger partial charge in [0.25, 0.3) is 5.91 Å². The Morgan fingerprint density at radius 3 is 2.30 bits per heavy atom. The Morgan fingerprint density at radius 1 is 1.07 bits per heavy atom. The number of amides is 1. The number of hydrogen-bond acceptors (Lipinski definition) is 4. The first kappa shape index (κ1) is 21.5. The third-order valence-corrected chi connectivity index (χ3v) is 5.93. The summed E-state index contributed by atoms with van der Waals surface area (Å²) in [6.45, 7) is -0.642. The molecule has 0 aliphatic carbocycles. The van der Waals surface area contributed by atoms with E-state index in [-0.39, 0.29) is 16.2 Å². The van der Waals surface area contributed by atoms with Crippen LogP contribution in [0.3, 0.4) is 0 Å². The molecule has 0 aliphatic rings. The summed E-state index contributed by atoms with van der Waals surface area (Å²) >= 11 is 0. The van der Waals surface area contributed by atoms with Gasteiger partial charge in [-0.05, 0) is 54.6 Å². The largest absolute Gasteiger partial charge is 0.339 e. The van der Waals surface area contributed by atoms with E-state index < -0.39 is 34.5 Å². The molecule has 3 aromatic rings. The number of carbonyl (C=O) groups excluding carboxylic acids is 1. The summed E-state index contributed by atoms with van der Waals surface area (Å²) in [5.74, 6) is -1.15. The highest BCUT2D eigenvalue weighted by Gasteiger charge is 2.22. The van der Waals surface area contributed by atoms with Crippen LogP contribution in [-0.4, -0.2) is 26.4 Å². The zero-order valence-electron chi connectivity index (χ0n) is 16.0. The molecule has 0 bridgehead atoms. The van der Waals surface area contributed by atoms with Crippen molar-refractivity contribution in [2.24, 2.45) is 0 Å². The molecule has 9 heteroatoms. The number of sulfonamides is 1. The second kappa shape index (κ2) is 9.10. The lowest BCUT2D eigenvalue weighted by Crippen LogP contribution is -2.30. The molecular weight excluding hydrogens is 412 g/mol. The van der Waals surface area contributed by atoms with Crippen LogP contribution in [0.5, 0.6) is 0 Å². The summed E-state index contributed by atoms with van der Waals surface area (Å²) in [6.07, 6.45) is 1.41. The molecule has 30 heavy (non-hydrogen) atoms. The standard InChI is InChI=1S/C21H19F2N3O3S/c1-24-30(28,29)17-10-8-16(9-11-17)21(27)26-19(20-18(23)3-2-12-25-20)15-6-4-14(13-22)5-7-15/h2-12,19,24H,13H2,1H3,(H,26,27)/t19-/m0/s1. The molecule has 2 aromatic carbocycles. The number of rotatable bonds is 7. The number of nitrogens with zero attached hydrogens (tertiary/aromatic N) is 1. The van der Waals surface area contributed by atoms with Crippen LogP contribution in [0.2, 0.25) is 0 Å². The zero-order valence-corrected chi connectivity index (χ0v) is 16.8. The zero-order chi connectivity index (χ0) is 21.7. The van der Waals surface area contributed by atoms with E-state index in [1.807, 2.05) is 0 Å². The van der Waals surface area contributed by atoms with Crippen molar-refractivity contribution in [1.29, 1.82) is 0 Å². The lowest BCUT2D eigenvalue weighted by Gasteiger charge is -2.20. The molecule has 0 saturated heterocycles. The van der Waals surface area contributed by atoms with Crippen LogP contribution in [0.4, 0.5) is 8.78 Å². The monoisotopic (exact) mass is 431 g/mol. The summed E-state index contributed by atoms with van der Waals surface area (Å²) in [5.41, 5.74) is 1.17. The third kappa shape index (κ3) is 4.69. The highest BCUT2D eigenvalue weighted by atomic mass is 32.2. The van der Waals surface area contributed by atoms with E-state index in [9.17, 15) is 22.0 Å². The lowest BCUT2D eigenvalue weighted by atomic mass is 10.0. The maximum Gasteiger partial charge on any atom is 0.252 e.